The zero-order valence-electron chi connectivity index (χ0n) is 11.0. The van der Waals surface area contributed by atoms with Crippen molar-refractivity contribution in [3.63, 3.8) is 0 Å². The first-order chi connectivity index (χ1) is 9.74. The molecular weight excluding hydrogens is 263 g/mol. The molecule has 0 amide bonds. The normalized spacial score (nSPS) is 14.3. The van der Waals surface area contributed by atoms with Crippen molar-refractivity contribution in [2.75, 3.05) is 12.4 Å². The Hall–Kier alpha value is -2.15. The molecule has 0 aliphatic heterocycles. The molecule has 3 rings (SSSR count). The molecule has 2 N–H and O–H groups in total. The van der Waals surface area contributed by atoms with Crippen LogP contribution >= 0.6 is 0 Å². The lowest BCUT2D eigenvalue weighted by Gasteiger charge is -2.07. The van der Waals surface area contributed by atoms with Crippen molar-refractivity contribution in [1.29, 1.82) is 0 Å². The number of rotatable bonds is 6. The van der Waals surface area contributed by atoms with E-state index in [9.17, 15) is 4.39 Å². The first-order valence-corrected chi connectivity index (χ1v) is 6.41. The molecule has 1 aliphatic rings. The van der Waals surface area contributed by atoms with Crippen molar-refractivity contribution in [1.82, 2.24) is 15.5 Å². The Morgan fingerprint density at radius 2 is 2.25 bits per heavy atom. The van der Waals surface area contributed by atoms with Gasteiger partial charge in [-0.25, -0.2) is 4.39 Å². The van der Waals surface area contributed by atoms with Gasteiger partial charge in [0.25, 0.3) is 0 Å². The number of nitrogens with zero attached hydrogens (tertiary/aromatic N) is 2. The topological polar surface area (TPSA) is 72.2 Å². The van der Waals surface area contributed by atoms with Gasteiger partial charge in [-0.15, -0.1) is 5.10 Å². The van der Waals surface area contributed by atoms with E-state index in [2.05, 4.69) is 20.8 Å². The Bertz CT molecular complexity index is 598. The Morgan fingerprint density at radius 1 is 1.40 bits per heavy atom. The highest BCUT2D eigenvalue weighted by molar-refractivity contribution is 5.61. The van der Waals surface area contributed by atoms with Crippen molar-refractivity contribution >= 4 is 11.7 Å². The summed E-state index contributed by atoms with van der Waals surface area (Å²) < 4.78 is 23.6. The van der Waals surface area contributed by atoms with Crippen LogP contribution in [0.1, 0.15) is 18.7 Å². The molecule has 0 atom stereocenters. The highest BCUT2D eigenvalue weighted by Crippen LogP contribution is 2.27. The van der Waals surface area contributed by atoms with Gasteiger partial charge in [-0.1, -0.05) is 5.10 Å². The van der Waals surface area contributed by atoms with Gasteiger partial charge in [-0.3, -0.25) is 0 Å². The van der Waals surface area contributed by atoms with Crippen LogP contribution in [-0.2, 0) is 6.54 Å². The summed E-state index contributed by atoms with van der Waals surface area (Å²) in [4.78, 5) is 0. The van der Waals surface area contributed by atoms with E-state index < -0.39 is 0 Å². The van der Waals surface area contributed by atoms with Crippen molar-refractivity contribution in [2.24, 2.45) is 0 Å². The first-order valence-electron chi connectivity index (χ1n) is 6.41. The molecule has 1 heterocycles. The van der Waals surface area contributed by atoms with Crippen LogP contribution in [0.5, 0.6) is 5.75 Å². The maximum absolute atomic E-state index is 13.1. The fraction of sp³-hybridized carbons (Fsp3) is 0.385. The number of benzene rings is 1. The number of methoxy groups -OCH3 is 1. The van der Waals surface area contributed by atoms with Crippen LogP contribution in [0.25, 0.3) is 0 Å². The summed E-state index contributed by atoms with van der Waals surface area (Å²) in [5.74, 6) is 0.522. The van der Waals surface area contributed by atoms with Crippen LogP contribution in [-0.4, -0.2) is 23.3 Å². The molecule has 1 fully saturated rings. The average molecular weight is 278 g/mol. The molecule has 106 valence electrons. The third-order valence-electron chi connectivity index (χ3n) is 2.99. The zero-order chi connectivity index (χ0) is 13.9. The van der Waals surface area contributed by atoms with Crippen LogP contribution < -0.4 is 15.4 Å². The van der Waals surface area contributed by atoms with Crippen molar-refractivity contribution in [2.45, 2.75) is 25.4 Å². The lowest BCUT2D eigenvalue weighted by atomic mass is 10.3. The molecule has 0 unspecified atom stereocenters. The lowest BCUT2D eigenvalue weighted by molar-refractivity contribution is 0.412. The van der Waals surface area contributed by atoms with Crippen molar-refractivity contribution < 1.29 is 13.5 Å². The highest BCUT2D eigenvalue weighted by atomic mass is 19.1. The minimum Gasteiger partial charge on any atom is -0.494 e. The Balaban J connectivity index is 1.67. The summed E-state index contributed by atoms with van der Waals surface area (Å²) >= 11 is 0. The van der Waals surface area contributed by atoms with E-state index in [-0.39, 0.29) is 11.8 Å². The molecule has 0 spiro atoms. The second kappa shape index (κ2) is 5.46. The number of hydrogen-bond acceptors (Lipinski definition) is 6. The van der Waals surface area contributed by atoms with Crippen LogP contribution in [0, 0.1) is 5.82 Å². The van der Waals surface area contributed by atoms with Gasteiger partial charge in [0.1, 0.15) is 11.6 Å². The van der Waals surface area contributed by atoms with Gasteiger partial charge in [0, 0.05) is 12.1 Å². The van der Waals surface area contributed by atoms with E-state index in [4.69, 9.17) is 9.15 Å². The third-order valence-corrected chi connectivity index (χ3v) is 2.99. The minimum atomic E-state index is -0.368. The Morgan fingerprint density at radius 3 is 3.00 bits per heavy atom. The molecule has 1 aromatic heterocycles. The van der Waals surface area contributed by atoms with E-state index >= 15 is 0 Å². The quantitative estimate of drug-likeness (QED) is 0.844. The monoisotopic (exact) mass is 278 g/mol. The van der Waals surface area contributed by atoms with Gasteiger partial charge in [-0.2, -0.15) is 0 Å². The largest absolute Gasteiger partial charge is 0.494 e. The van der Waals surface area contributed by atoms with E-state index in [1.165, 1.54) is 32.1 Å². The zero-order valence-corrected chi connectivity index (χ0v) is 11.0. The fourth-order valence-corrected chi connectivity index (χ4v) is 1.78. The van der Waals surface area contributed by atoms with Crippen molar-refractivity contribution in [3.8, 4) is 5.75 Å². The highest BCUT2D eigenvalue weighted by Gasteiger charge is 2.21. The van der Waals surface area contributed by atoms with E-state index in [1.807, 2.05) is 0 Å². The van der Waals surface area contributed by atoms with Gasteiger partial charge >= 0.3 is 6.01 Å². The van der Waals surface area contributed by atoms with E-state index in [0.29, 0.717) is 29.9 Å². The average Bonchev–Trinajstić information content (AvgIpc) is 3.18. The molecule has 1 aliphatic carbocycles. The molecule has 1 saturated carbocycles. The third kappa shape index (κ3) is 3.05. The summed E-state index contributed by atoms with van der Waals surface area (Å²) in [7, 11) is 1.47. The first kappa shape index (κ1) is 12.9. The molecule has 0 radical (unpaired) electrons. The molecule has 6 nitrogen and oxygen atoms in total. The van der Waals surface area contributed by atoms with Gasteiger partial charge < -0.3 is 19.8 Å². The maximum Gasteiger partial charge on any atom is 0.320 e. The molecule has 2 aromatic rings. The van der Waals surface area contributed by atoms with Gasteiger partial charge in [0.2, 0.25) is 5.89 Å². The minimum absolute atomic E-state index is 0.252. The van der Waals surface area contributed by atoms with Crippen LogP contribution in [0.2, 0.25) is 0 Å². The van der Waals surface area contributed by atoms with E-state index in [0.717, 1.165) is 0 Å². The second-order valence-electron chi connectivity index (χ2n) is 4.63. The Kier molecular flexibility index (Phi) is 3.51. The molecule has 20 heavy (non-hydrogen) atoms. The number of hydrogen-bond donors (Lipinski definition) is 2. The second-order valence-corrected chi connectivity index (χ2v) is 4.63. The summed E-state index contributed by atoms with van der Waals surface area (Å²) in [5, 5.41) is 14.0. The summed E-state index contributed by atoms with van der Waals surface area (Å²) in [6.45, 7) is 0.555. The van der Waals surface area contributed by atoms with Crippen LogP contribution in [0.15, 0.2) is 22.6 Å². The number of aromatic nitrogens is 2. The summed E-state index contributed by atoms with van der Waals surface area (Å²) in [6, 6.07) is 5.00. The van der Waals surface area contributed by atoms with Gasteiger partial charge in [0.05, 0.1) is 19.3 Å². The predicted octanol–water partition coefficient (Wildman–Crippen LogP) is 2.21. The number of anilines is 2. The molecule has 1 aromatic carbocycles. The lowest BCUT2D eigenvalue weighted by Crippen LogP contribution is -2.15. The molecule has 0 saturated heterocycles. The molecule has 0 bridgehead atoms. The van der Waals surface area contributed by atoms with Crippen LogP contribution in [0.3, 0.4) is 0 Å². The summed E-state index contributed by atoms with van der Waals surface area (Å²) in [6.07, 6.45) is 2.40. The predicted molar refractivity (Wildman–Crippen MR) is 70.4 cm³/mol. The van der Waals surface area contributed by atoms with Gasteiger partial charge in [-0.05, 0) is 25.0 Å². The smallest absolute Gasteiger partial charge is 0.320 e. The molecule has 7 heteroatoms. The maximum atomic E-state index is 13.1. The van der Waals surface area contributed by atoms with Gasteiger partial charge in [0.15, 0.2) is 0 Å². The van der Waals surface area contributed by atoms with E-state index in [1.54, 1.807) is 6.07 Å². The molecular formula is C13H15FN4O2. The number of halogens is 1. The number of ether oxygens (including phenoxy) is 1. The standard InChI is InChI=1S/C13H15FN4O2/c1-19-11-6-8(14)2-5-10(11)16-13-18-17-12(20-13)7-15-9-3-4-9/h2,5-6,9,15H,3-4,7H2,1H3,(H,16,18). The van der Waals surface area contributed by atoms with Crippen molar-refractivity contribution in [3.05, 3.63) is 29.9 Å². The van der Waals surface area contributed by atoms with Crippen LogP contribution in [0.4, 0.5) is 16.1 Å². The Labute approximate surface area is 115 Å². The SMILES string of the molecule is COc1cc(F)ccc1Nc1nnc(CNC2CC2)o1. The summed E-state index contributed by atoms with van der Waals surface area (Å²) in [5.41, 5.74) is 0.569. The fourth-order valence-electron chi connectivity index (χ4n) is 1.78. The number of nitrogens with one attached hydrogen (secondary N) is 2.